The van der Waals surface area contributed by atoms with E-state index in [0.29, 0.717) is 11.6 Å². The summed E-state index contributed by atoms with van der Waals surface area (Å²) in [5.74, 6) is 0.437. The number of hydrogen-bond donors (Lipinski definition) is 1. The van der Waals surface area contributed by atoms with Crippen LogP contribution in [-0.4, -0.2) is 21.6 Å². The third-order valence-electron chi connectivity index (χ3n) is 4.66. The number of para-hydroxylation sites is 1. The summed E-state index contributed by atoms with van der Waals surface area (Å²) in [6.45, 7) is 0.745. The van der Waals surface area contributed by atoms with Crippen molar-refractivity contribution in [2.75, 3.05) is 11.2 Å². The Balaban J connectivity index is 1.68. The van der Waals surface area contributed by atoms with Gasteiger partial charge in [0.1, 0.15) is 0 Å². The number of carbonyl (C=O) groups excluding carboxylic acids is 1. The molecule has 0 spiro atoms. The molecule has 4 rings (SSSR count). The van der Waals surface area contributed by atoms with Crippen molar-refractivity contribution in [3.05, 3.63) is 72.4 Å². The molecule has 1 aromatic heterocycles. The van der Waals surface area contributed by atoms with Crippen molar-refractivity contribution in [3.8, 4) is 0 Å². The Morgan fingerprint density at radius 2 is 1.67 bits per heavy atom. The number of hydrogen-bond acceptors (Lipinski definition) is 2. The summed E-state index contributed by atoms with van der Waals surface area (Å²) in [6.07, 6.45) is 1.85. The molecule has 0 radical (unpaired) electrons. The first-order valence-corrected chi connectivity index (χ1v) is 9.62. The fourth-order valence-electron chi connectivity index (χ4n) is 3.34. The minimum absolute atomic E-state index is 0.196. The van der Waals surface area contributed by atoms with Gasteiger partial charge in [0.25, 0.3) is 5.91 Å². The molecule has 4 aromatic rings. The molecule has 0 aliphatic carbocycles. The van der Waals surface area contributed by atoms with E-state index in [9.17, 15) is 4.79 Å². The van der Waals surface area contributed by atoms with Crippen molar-refractivity contribution >= 4 is 44.9 Å². The minimum atomic E-state index is -0.196. The zero-order valence-electron chi connectivity index (χ0n) is 14.9. The van der Waals surface area contributed by atoms with Gasteiger partial charge in [0.15, 0.2) is 5.69 Å². The van der Waals surface area contributed by atoms with Gasteiger partial charge in [0.05, 0.1) is 5.52 Å². The highest BCUT2D eigenvalue weighted by Gasteiger charge is 2.17. The maximum atomic E-state index is 13.0. The standard InChI is InChI=1S/C22H20ClN3O/c23-14-5-6-15-26-20-13-4-3-11-18(20)21(25-26)22(27)24-19-12-7-9-16-8-1-2-10-17(16)19/h1-4,7-13H,5-6,14-15H2,(H,24,27). The summed E-state index contributed by atoms with van der Waals surface area (Å²) in [4.78, 5) is 13.0. The maximum absolute atomic E-state index is 13.0. The second kappa shape index (κ2) is 7.80. The Kier molecular flexibility index (Phi) is 5.07. The largest absolute Gasteiger partial charge is 0.320 e. The number of carbonyl (C=O) groups is 1. The van der Waals surface area contributed by atoms with E-state index in [4.69, 9.17) is 11.6 Å². The molecule has 1 N–H and O–H groups in total. The molecular formula is C22H20ClN3O. The van der Waals surface area contributed by atoms with Gasteiger partial charge in [-0.3, -0.25) is 9.48 Å². The molecule has 1 amide bonds. The van der Waals surface area contributed by atoms with Gasteiger partial charge < -0.3 is 5.32 Å². The van der Waals surface area contributed by atoms with Crippen LogP contribution in [0.15, 0.2) is 66.7 Å². The first-order chi connectivity index (χ1) is 13.3. The third-order valence-corrected chi connectivity index (χ3v) is 4.93. The average molecular weight is 378 g/mol. The van der Waals surface area contributed by atoms with Crippen LogP contribution in [0.3, 0.4) is 0 Å². The molecule has 0 fully saturated rings. The lowest BCUT2D eigenvalue weighted by molar-refractivity contribution is 0.102. The first-order valence-electron chi connectivity index (χ1n) is 9.08. The summed E-state index contributed by atoms with van der Waals surface area (Å²) < 4.78 is 1.90. The third kappa shape index (κ3) is 3.53. The van der Waals surface area contributed by atoms with E-state index in [2.05, 4.69) is 10.4 Å². The van der Waals surface area contributed by atoms with Crippen LogP contribution in [0.25, 0.3) is 21.7 Å². The smallest absolute Gasteiger partial charge is 0.276 e. The molecule has 27 heavy (non-hydrogen) atoms. The number of rotatable bonds is 6. The Morgan fingerprint density at radius 3 is 2.52 bits per heavy atom. The molecule has 0 unspecified atom stereocenters. The van der Waals surface area contributed by atoms with E-state index in [-0.39, 0.29) is 5.91 Å². The predicted molar refractivity (Wildman–Crippen MR) is 112 cm³/mol. The lowest BCUT2D eigenvalue weighted by Crippen LogP contribution is -2.14. The van der Waals surface area contributed by atoms with Crippen LogP contribution in [0.2, 0.25) is 0 Å². The second-order valence-electron chi connectivity index (χ2n) is 6.47. The minimum Gasteiger partial charge on any atom is -0.320 e. The van der Waals surface area contributed by atoms with Gasteiger partial charge in [0, 0.05) is 28.9 Å². The number of fused-ring (bicyclic) bond motifs is 2. The number of aryl methyl sites for hydroxylation is 1. The van der Waals surface area contributed by atoms with Crippen LogP contribution in [0.5, 0.6) is 0 Å². The van der Waals surface area contributed by atoms with E-state index < -0.39 is 0 Å². The van der Waals surface area contributed by atoms with Gasteiger partial charge in [-0.1, -0.05) is 54.6 Å². The van der Waals surface area contributed by atoms with Crippen LogP contribution >= 0.6 is 11.6 Å². The highest BCUT2D eigenvalue weighted by atomic mass is 35.5. The van der Waals surface area contributed by atoms with Crippen LogP contribution in [-0.2, 0) is 6.54 Å². The van der Waals surface area contributed by atoms with Crippen LogP contribution in [0.1, 0.15) is 23.3 Å². The van der Waals surface area contributed by atoms with E-state index in [1.165, 1.54) is 0 Å². The monoisotopic (exact) mass is 377 g/mol. The van der Waals surface area contributed by atoms with E-state index in [1.54, 1.807) is 0 Å². The highest BCUT2D eigenvalue weighted by Crippen LogP contribution is 2.25. The number of unbranched alkanes of at least 4 members (excludes halogenated alkanes) is 1. The van der Waals surface area contributed by atoms with Crippen LogP contribution in [0, 0.1) is 0 Å². The predicted octanol–water partition coefficient (Wildman–Crippen LogP) is 5.46. The Hall–Kier alpha value is -2.85. The summed E-state index contributed by atoms with van der Waals surface area (Å²) >= 11 is 5.79. The Labute approximate surface area is 162 Å². The zero-order chi connectivity index (χ0) is 18.6. The van der Waals surface area contributed by atoms with Gasteiger partial charge in [-0.05, 0) is 30.4 Å². The Morgan fingerprint density at radius 1 is 0.926 bits per heavy atom. The van der Waals surface area contributed by atoms with Crippen LogP contribution < -0.4 is 5.32 Å². The number of benzene rings is 3. The Bertz CT molecular complexity index is 1100. The van der Waals surface area contributed by atoms with Crippen LogP contribution in [0.4, 0.5) is 5.69 Å². The molecule has 1 heterocycles. The maximum Gasteiger partial charge on any atom is 0.276 e. The second-order valence-corrected chi connectivity index (χ2v) is 6.84. The van der Waals surface area contributed by atoms with Crippen molar-refractivity contribution in [2.45, 2.75) is 19.4 Å². The van der Waals surface area contributed by atoms with Gasteiger partial charge in [-0.25, -0.2) is 0 Å². The summed E-state index contributed by atoms with van der Waals surface area (Å²) in [7, 11) is 0. The number of nitrogens with zero attached hydrogens (tertiary/aromatic N) is 2. The van der Waals surface area contributed by atoms with E-state index >= 15 is 0 Å². The number of nitrogens with one attached hydrogen (secondary N) is 1. The first kappa shape index (κ1) is 17.6. The van der Waals surface area contributed by atoms with E-state index in [0.717, 1.165) is 46.7 Å². The number of halogens is 1. The molecule has 0 saturated carbocycles. The molecule has 0 aliphatic rings. The highest BCUT2D eigenvalue weighted by molar-refractivity contribution is 6.17. The molecule has 0 aliphatic heterocycles. The number of anilines is 1. The molecule has 0 atom stereocenters. The lowest BCUT2D eigenvalue weighted by Gasteiger charge is -2.07. The van der Waals surface area contributed by atoms with Crippen molar-refractivity contribution in [2.24, 2.45) is 0 Å². The molecule has 136 valence electrons. The molecule has 4 nitrogen and oxygen atoms in total. The van der Waals surface area contributed by atoms with Crippen molar-refractivity contribution in [3.63, 3.8) is 0 Å². The quantitative estimate of drug-likeness (QED) is 0.358. The van der Waals surface area contributed by atoms with Crippen molar-refractivity contribution < 1.29 is 4.79 Å². The van der Waals surface area contributed by atoms with Crippen molar-refractivity contribution in [1.82, 2.24) is 9.78 Å². The normalized spacial score (nSPS) is 11.1. The molecular weight excluding hydrogens is 358 g/mol. The average Bonchev–Trinajstić information content (AvgIpc) is 3.08. The van der Waals surface area contributed by atoms with Crippen molar-refractivity contribution in [1.29, 1.82) is 0 Å². The van der Waals surface area contributed by atoms with Gasteiger partial charge in [0.2, 0.25) is 0 Å². The van der Waals surface area contributed by atoms with E-state index in [1.807, 2.05) is 71.4 Å². The summed E-state index contributed by atoms with van der Waals surface area (Å²) in [5, 5.41) is 10.6. The number of alkyl halides is 1. The fourth-order valence-corrected chi connectivity index (χ4v) is 3.53. The molecule has 0 saturated heterocycles. The SMILES string of the molecule is O=C(Nc1cccc2ccccc12)c1nn(CCCCCl)c2ccccc12. The fraction of sp³-hybridized carbons (Fsp3) is 0.182. The summed E-state index contributed by atoms with van der Waals surface area (Å²) in [6, 6.07) is 21.7. The van der Waals surface area contributed by atoms with Gasteiger partial charge in [-0.15, -0.1) is 11.6 Å². The number of aromatic nitrogens is 2. The molecule has 5 heteroatoms. The van der Waals surface area contributed by atoms with Gasteiger partial charge in [-0.2, -0.15) is 5.10 Å². The number of amides is 1. The molecule has 3 aromatic carbocycles. The van der Waals surface area contributed by atoms with Gasteiger partial charge >= 0.3 is 0 Å². The zero-order valence-corrected chi connectivity index (χ0v) is 15.6. The summed E-state index contributed by atoms with van der Waals surface area (Å²) in [5.41, 5.74) is 2.21. The molecule has 0 bridgehead atoms. The topological polar surface area (TPSA) is 46.9 Å². The lowest BCUT2D eigenvalue weighted by atomic mass is 10.1.